The van der Waals surface area contributed by atoms with Crippen LogP contribution < -0.4 is 26.4 Å². The van der Waals surface area contributed by atoms with Crippen molar-refractivity contribution in [1.82, 2.24) is 0 Å². The minimum atomic E-state index is -0.0857. The molecule has 3 nitrogen and oxygen atoms in total. The van der Waals surface area contributed by atoms with Crippen LogP contribution in [0, 0.1) is 0 Å². The standard InChI is InChI=1S/C49H55BN2O/c1-13-31-14-20-36(21-15-31)51-40-27-34(48(7,8)9)18-24-39(40)50-44-41(51)28-35(49(10,11)12)29-42(44)52(37-22-16-32(17-23-37)30(2)3)45-38-26-33(47(4,5)6)19-25-43(38)53-46(45)50/h14-30H,13H2,1-12H3. The van der Waals surface area contributed by atoms with Crippen molar-refractivity contribution >= 4 is 68.4 Å². The van der Waals surface area contributed by atoms with Crippen molar-refractivity contribution in [1.29, 1.82) is 0 Å². The minimum Gasteiger partial charge on any atom is -0.468 e. The van der Waals surface area contributed by atoms with Crippen molar-refractivity contribution in [2.45, 2.75) is 112 Å². The molecule has 2 aliphatic rings. The van der Waals surface area contributed by atoms with E-state index in [0.29, 0.717) is 5.92 Å². The summed E-state index contributed by atoms with van der Waals surface area (Å²) in [6.07, 6.45) is 1.01. The molecule has 0 aliphatic carbocycles. The molecular weight excluding hydrogens is 643 g/mol. The molecule has 4 heteroatoms. The lowest BCUT2D eigenvalue weighted by atomic mass is 9.35. The van der Waals surface area contributed by atoms with E-state index >= 15 is 0 Å². The summed E-state index contributed by atoms with van der Waals surface area (Å²) < 4.78 is 7.18. The van der Waals surface area contributed by atoms with Gasteiger partial charge < -0.3 is 14.2 Å². The molecule has 2 aliphatic heterocycles. The Morgan fingerprint density at radius 1 is 0.585 bits per heavy atom. The quantitative estimate of drug-likeness (QED) is 0.171. The molecule has 0 fully saturated rings. The zero-order chi connectivity index (χ0) is 37.8. The summed E-state index contributed by atoms with van der Waals surface area (Å²) in [5.74, 6) is 0.452. The number of aryl methyl sites for hydroxylation is 1. The first kappa shape index (κ1) is 35.3. The first-order valence-corrected chi connectivity index (χ1v) is 19.6. The van der Waals surface area contributed by atoms with Crippen LogP contribution in [0.1, 0.15) is 117 Å². The highest BCUT2D eigenvalue weighted by Gasteiger charge is 2.47. The van der Waals surface area contributed by atoms with E-state index in [4.69, 9.17) is 4.42 Å². The average Bonchev–Trinajstić information content (AvgIpc) is 3.48. The number of anilines is 6. The number of fused-ring (bicyclic) bond motifs is 6. The van der Waals surface area contributed by atoms with Crippen LogP contribution >= 0.6 is 0 Å². The second kappa shape index (κ2) is 12.2. The van der Waals surface area contributed by atoms with Gasteiger partial charge in [0, 0.05) is 33.8 Å². The highest BCUT2D eigenvalue weighted by Crippen LogP contribution is 2.49. The monoisotopic (exact) mass is 698 g/mol. The second-order valence-electron chi connectivity index (χ2n) is 18.8. The normalized spacial score (nSPS) is 14.2. The third-order valence-corrected chi connectivity index (χ3v) is 11.7. The summed E-state index contributed by atoms with van der Waals surface area (Å²) in [6, 6.07) is 37.4. The topological polar surface area (TPSA) is 19.6 Å². The van der Waals surface area contributed by atoms with Gasteiger partial charge in [0.1, 0.15) is 5.58 Å². The van der Waals surface area contributed by atoms with E-state index < -0.39 is 0 Å². The number of hydrogen-bond donors (Lipinski definition) is 0. The van der Waals surface area contributed by atoms with Crippen molar-refractivity contribution in [2.24, 2.45) is 0 Å². The molecular formula is C49H55BN2O. The Morgan fingerprint density at radius 3 is 1.70 bits per heavy atom. The summed E-state index contributed by atoms with van der Waals surface area (Å²) in [6.45, 7) is 27.5. The van der Waals surface area contributed by atoms with Crippen LogP contribution in [-0.4, -0.2) is 6.71 Å². The number of nitrogens with zero attached hydrogens (tertiary/aromatic N) is 2. The maximum Gasteiger partial charge on any atom is 0.297 e. The number of hydrogen-bond acceptors (Lipinski definition) is 3. The fourth-order valence-electron chi connectivity index (χ4n) is 8.28. The van der Waals surface area contributed by atoms with Crippen LogP contribution in [0.5, 0.6) is 0 Å². The van der Waals surface area contributed by atoms with Crippen molar-refractivity contribution in [3.63, 3.8) is 0 Å². The Morgan fingerprint density at radius 2 is 1.11 bits per heavy atom. The predicted octanol–water partition coefficient (Wildman–Crippen LogP) is 12.1. The van der Waals surface area contributed by atoms with Gasteiger partial charge in [-0.15, -0.1) is 0 Å². The molecule has 6 aromatic rings. The molecule has 0 atom stereocenters. The molecule has 1 aromatic heterocycles. The van der Waals surface area contributed by atoms with Gasteiger partial charge in [0.25, 0.3) is 6.71 Å². The summed E-state index contributed by atoms with van der Waals surface area (Å²) >= 11 is 0. The van der Waals surface area contributed by atoms with Crippen LogP contribution in [0.4, 0.5) is 34.1 Å². The Hall–Kier alpha value is -4.70. The summed E-state index contributed by atoms with van der Waals surface area (Å²) in [5.41, 5.74) is 18.2. The van der Waals surface area contributed by atoms with Gasteiger partial charge in [0.15, 0.2) is 0 Å². The van der Waals surface area contributed by atoms with Crippen LogP contribution in [-0.2, 0) is 22.7 Å². The van der Waals surface area contributed by atoms with Gasteiger partial charge in [-0.05, 0) is 122 Å². The van der Waals surface area contributed by atoms with E-state index in [9.17, 15) is 0 Å². The van der Waals surface area contributed by atoms with E-state index in [-0.39, 0.29) is 23.0 Å². The van der Waals surface area contributed by atoms with E-state index in [2.05, 4.69) is 190 Å². The van der Waals surface area contributed by atoms with Gasteiger partial charge >= 0.3 is 0 Å². The van der Waals surface area contributed by atoms with E-state index in [1.165, 1.54) is 66.9 Å². The fraction of sp³-hybridized carbons (Fsp3) is 0.347. The molecule has 3 heterocycles. The minimum absolute atomic E-state index is 0.00411. The van der Waals surface area contributed by atoms with E-state index in [0.717, 1.165) is 29.0 Å². The number of rotatable bonds is 4. The smallest absolute Gasteiger partial charge is 0.297 e. The molecule has 0 saturated heterocycles. The van der Waals surface area contributed by atoms with Crippen molar-refractivity contribution < 1.29 is 4.42 Å². The van der Waals surface area contributed by atoms with Crippen molar-refractivity contribution in [2.75, 3.05) is 9.80 Å². The van der Waals surface area contributed by atoms with Crippen LogP contribution in [0.15, 0.2) is 101 Å². The molecule has 0 saturated carbocycles. The van der Waals surface area contributed by atoms with Gasteiger partial charge in [0.2, 0.25) is 0 Å². The van der Waals surface area contributed by atoms with Gasteiger partial charge in [-0.25, -0.2) is 0 Å². The largest absolute Gasteiger partial charge is 0.468 e. The van der Waals surface area contributed by atoms with Gasteiger partial charge in [0.05, 0.1) is 11.3 Å². The lowest BCUT2D eigenvalue weighted by Crippen LogP contribution is -2.61. The highest BCUT2D eigenvalue weighted by atomic mass is 16.3. The SMILES string of the molecule is CCc1ccc(N2c3cc(C(C)(C)C)ccc3B3c4oc5ccc(C(C)(C)C)cc5c4N(c4ccc(C(C)C)cc4)c4cc(C(C)(C)C)cc2c43)cc1. The van der Waals surface area contributed by atoms with Gasteiger partial charge in [-0.3, -0.25) is 0 Å². The lowest BCUT2D eigenvalue weighted by molar-refractivity contribution is 0.590. The van der Waals surface area contributed by atoms with Crippen LogP contribution in [0.2, 0.25) is 0 Å². The molecule has 8 rings (SSSR count). The third-order valence-electron chi connectivity index (χ3n) is 11.7. The Labute approximate surface area is 318 Å². The third kappa shape index (κ3) is 5.81. The molecule has 0 bridgehead atoms. The maximum absolute atomic E-state index is 7.18. The van der Waals surface area contributed by atoms with Crippen molar-refractivity contribution in [3.05, 3.63) is 125 Å². The van der Waals surface area contributed by atoms with E-state index in [1.807, 2.05) is 0 Å². The summed E-state index contributed by atoms with van der Waals surface area (Å²) in [5, 5.41) is 1.17. The summed E-state index contributed by atoms with van der Waals surface area (Å²) in [7, 11) is 0. The molecule has 0 spiro atoms. The lowest BCUT2D eigenvalue weighted by Gasteiger charge is -2.44. The van der Waals surface area contributed by atoms with Crippen molar-refractivity contribution in [3.8, 4) is 0 Å². The number of furan rings is 1. The zero-order valence-corrected chi connectivity index (χ0v) is 33.9. The molecule has 0 radical (unpaired) electrons. The molecule has 0 unspecified atom stereocenters. The molecule has 53 heavy (non-hydrogen) atoms. The fourth-order valence-corrected chi connectivity index (χ4v) is 8.28. The second-order valence-corrected chi connectivity index (χ2v) is 18.8. The molecule has 270 valence electrons. The highest BCUT2D eigenvalue weighted by molar-refractivity contribution is 7.00. The Bertz CT molecular complexity index is 2360. The zero-order valence-electron chi connectivity index (χ0n) is 33.9. The molecule has 5 aromatic carbocycles. The Balaban J connectivity index is 1.52. The van der Waals surface area contributed by atoms with Gasteiger partial charge in [-0.1, -0.05) is 126 Å². The number of benzene rings is 5. The molecule has 0 amide bonds. The van der Waals surface area contributed by atoms with E-state index in [1.54, 1.807) is 0 Å². The van der Waals surface area contributed by atoms with Gasteiger partial charge in [-0.2, -0.15) is 0 Å². The molecule has 0 N–H and O–H groups in total. The maximum atomic E-state index is 7.18. The summed E-state index contributed by atoms with van der Waals surface area (Å²) in [4.78, 5) is 5.06. The predicted molar refractivity (Wildman–Crippen MR) is 230 cm³/mol. The van der Waals surface area contributed by atoms with Crippen LogP contribution in [0.25, 0.3) is 11.0 Å². The van der Waals surface area contributed by atoms with Crippen LogP contribution in [0.3, 0.4) is 0 Å². The Kier molecular flexibility index (Phi) is 8.11. The first-order chi connectivity index (χ1) is 25.0. The first-order valence-electron chi connectivity index (χ1n) is 19.6. The average molecular weight is 699 g/mol.